The minimum absolute atomic E-state index is 0.0290. The number of hydrogen-bond acceptors (Lipinski definition) is 8. The van der Waals surface area contributed by atoms with E-state index in [1.165, 1.54) is 24.2 Å². The molecular weight excluding hydrogens is 612 g/mol. The topological polar surface area (TPSA) is 107 Å². The number of carboxylic acids is 1. The van der Waals surface area contributed by atoms with Crippen molar-refractivity contribution in [3.8, 4) is 16.9 Å². The van der Waals surface area contributed by atoms with Crippen LogP contribution >= 0.6 is 22.9 Å². The maximum Gasteiger partial charge on any atom is 0.338 e. The first-order valence-corrected chi connectivity index (χ1v) is 16.8. The van der Waals surface area contributed by atoms with Gasteiger partial charge in [-0.05, 0) is 76.6 Å². The highest BCUT2D eigenvalue weighted by atomic mass is 35.5. The standard InChI is InChI=1S/C34H37ClN4O5S/c1-19-14-24(31-30(36-19)26(17-45-31)33(41)42)23-15-21(35)4-7-28(23)44-13-12-39-20(2)37-27-6-5-22(16-25(27)32(39)40)38-11-8-29(43-3)34(18-38)9-10-34/h4,7,14-15,17,22,29H,5-6,8-13,16,18H2,1-3H3,(H,41,42)/t22-,29-/m0/s1. The molecule has 0 unspecified atom stereocenters. The van der Waals surface area contributed by atoms with Gasteiger partial charge in [-0.1, -0.05) is 11.6 Å². The number of aromatic nitrogens is 3. The molecule has 236 valence electrons. The fraction of sp³-hybridized carbons (Fsp3) is 0.471. The fourth-order valence-corrected chi connectivity index (χ4v) is 8.64. The number of fused-ring (bicyclic) bond motifs is 2. The molecule has 4 heterocycles. The Bertz CT molecular complexity index is 1870. The van der Waals surface area contributed by atoms with Crippen molar-refractivity contribution in [2.75, 3.05) is 26.8 Å². The number of pyridine rings is 1. The van der Waals surface area contributed by atoms with Crippen LogP contribution in [0.15, 0.2) is 34.4 Å². The summed E-state index contributed by atoms with van der Waals surface area (Å²) in [6.45, 7) is 6.41. The summed E-state index contributed by atoms with van der Waals surface area (Å²) in [7, 11) is 1.84. The average molecular weight is 649 g/mol. The molecule has 2 aliphatic carbocycles. The van der Waals surface area contributed by atoms with Gasteiger partial charge in [0.1, 0.15) is 18.2 Å². The summed E-state index contributed by atoms with van der Waals surface area (Å²) in [5.41, 5.74) is 4.98. The van der Waals surface area contributed by atoms with Gasteiger partial charge in [-0.2, -0.15) is 0 Å². The number of hydrogen-bond donors (Lipinski definition) is 1. The van der Waals surface area contributed by atoms with Crippen LogP contribution in [0.2, 0.25) is 5.02 Å². The van der Waals surface area contributed by atoms with Gasteiger partial charge in [-0.25, -0.2) is 9.78 Å². The zero-order valence-electron chi connectivity index (χ0n) is 25.8. The Morgan fingerprint density at radius 3 is 2.76 bits per heavy atom. The normalized spacial score (nSPS) is 20.8. The van der Waals surface area contributed by atoms with E-state index in [0.717, 1.165) is 65.9 Å². The number of rotatable bonds is 8. The summed E-state index contributed by atoms with van der Waals surface area (Å²) < 4.78 is 14.6. The van der Waals surface area contributed by atoms with E-state index < -0.39 is 5.97 Å². The van der Waals surface area contributed by atoms with E-state index in [9.17, 15) is 14.7 Å². The number of carboxylic acid groups (broad SMARTS) is 1. The second kappa shape index (κ2) is 11.8. The third kappa shape index (κ3) is 5.56. The van der Waals surface area contributed by atoms with E-state index >= 15 is 0 Å². The molecule has 7 rings (SSSR count). The van der Waals surface area contributed by atoms with Crippen molar-refractivity contribution in [2.24, 2.45) is 5.41 Å². The van der Waals surface area contributed by atoms with E-state index in [2.05, 4.69) is 9.88 Å². The van der Waals surface area contributed by atoms with E-state index in [0.29, 0.717) is 51.9 Å². The van der Waals surface area contributed by atoms with Gasteiger partial charge in [-0.3, -0.25) is 19.2 Å². The van der Waals surface area contributed by atoms with Crippen LogP contribution in [0.1, 0.15) is 58.8 Å². The third-order valence-corrected chi connectivity index (χ3v) is 11.2. The smallest absolute Gasteiger partial charge is 0.338 e. The lowest BCUT2D eigenvalue weighted by Gasteiger charge is -2.43. The summed E-state index contributed by atoms with van der Waals surface area (Å²) in [6.07, 6.45) is 6.46. The Kier molecular flexibility index (Phi) is 7.96. The van der Waals surface area contributed by atoms with Gasteiger partial charge < -0.3 is 14.6 Å². The van der Waals surface area contributed by atoms with Crippen molar-refractivity contribution in [1.29, 1.82) is 0 Å². The minimum atomic E-state index is -1.01. The van der Waals surface area contributed by atoms with Crippen LogP contribution in [0.4, 0.5) is 0 Å². The minimum Gasteiger partial charge on any atom is -0.491 e. The molecule has 3 aromatic heterocycles. The molecule has 1 aliphatic heterocycles. The van der Waals surface area contributed by atoms with Crippen molar-refractivity contribution < 1.29 is 19.4 Å². The fourth-order valence-electron chi connectivity index (χ4n) is 7.45. The van der Waals surface area contributed by atoms with Crippen molar-refractivity contribution in [3.63, 3.8) is 0 Å². The van der Waals surface area contributed by atoms with Gasteiger partial charge in [0, 0.05) is 64.4 Å². The number of nitrogens with zero attached hydrogens (tertiary/aromatic N) is 4. The van der Waals surface area contributed by atoms with Crippen molar-refractivity contribution in [3.05, 3.63) is 73.4 Å². The van der Waals surface area contributed by atoms with Crippen LogP contribution in [-0.2, 0) is 24.1 Å². The highest BCUT2D eigenvalue weighted by molar-refractivity contribution is 7.18. The number of carbonyl (C=O) groups is 1. The predicted molar refractivity (Wildman–Crippen MR) is 175 cm³/mol. The summed E-state index contributed by atoms with van der Waals surface area (Å²) in [5.74, 6) is 0.282. The molecule has 0 radical (unpaired) electrons. The Balaban J connectivity index is 1.11. The van der Waals surface area contributed by atoms with Crippen molar-refractivity contribution in [2.45, 2.75) is 71.1 Å². The van der Waals surface area contributed by atoms with Gasteiger partial charge in [0.15, 0.2) is 0 Å². The number of likely N-dealkylation sites (tertiary alicyclic amines) is 1. The first-order chi connectivity index (χ1) is 21.7. The van der Waals surface area contributed by atoms with Crippen LogP contribution in [0.3, 0.4) is 0 Å². The highest BCUT2D eigenvalue weighted by Crippen LogP contribution is 2.53. The van der Waals surface area contributed by atoms with Crippen molar-refractivity contribution in [1.82, 2.24) is 19.4 Å². The summed E-state index contributed by atoms with van der Waals surface area (Å²) >= 11 is 7.76. The molecule has 1 N–H and O–H groups in total. The van der Waals surface area contributed by atoms with E-state index in [-0.39, 0.29) is 17.7 Å². The number of methoxy groups -OCH3 is 1. The molecule has 2 atom stereocenters. The Labute approximate surface area is 270 Å². The van der Waals surface area contributed by atoms with Gasteiger partial charge in [0.25, 0.3) is 5.56 Å². The van der Waals surface area contributed by atoms with Crippen LogP contribution in [0.25, 0.3) is 21.3 Å². The Morgan fingerprint density at radius 2 is 2.00 bits per heavy atom. The predicted octanol–water partition coefficient (Wildman–Crippen LogP) is 5.93. The summed E-state index contributed by atoms with van der Waals surface area (Å²) in [5, 5.41) is 11.8. The van der Waals surface area contributed by atoms with Crippen LogP contribution in [0, 0.1) is 19.3 Å². The number of halogens is 1. The maximum atomic E-state index is 13.9. The molecule has 0 bridgehead atoms. The van der Waals surface area contributed by atoms with Crippen LogP contribution < -0.4 is 10.3 Å². The molecule has 2 fully saturated rings. The molecule has 1 aromatic carbocycles. The molecule has 4 aromatic rings. The first kappa shape index (κ1) is 30.3. The average Bonchev–Trinajstić information content (AvgIpc) is 3.64. The molecule has 11 heteroatoms. The highest BCUT2D eigenvalue weighted by Gasteiger charge is 2.53. The SMILES string of the molecule is CO[C@H]1CCN([C@H]2CCc3nc(C)n(CCOc4ccc(Cl)cc4-c4cc(C)nc5c(C(=O)O)csc45)c(=O)c3C2)CC12CC2. The second-order valence-electron chi connectivity index (χ2n) is 12.7. The lowest BCUT2D eigenvalue weighted by molar-refractivity contribution is -0.0329. The van der Waals surface area contributed by atoms with E-state index in [1.807, 2.05) is 39.2 Å². The van der Waals surface area contributed by atoms with Gasteiger partial charge in [-0.15, -0.1) is 11.3 Å². The zero-order valence-corrected chi connectivity index (χ0v) is 27.3. The molecule has 9 nitrogen and oxygen atoms in total. The Hall–Kier alpha value is -3.31. The molecule has 1 saturated carbocycles. The third-order valence-electron chi connectivity index (χ3n) is 9.95. The molecular formula is C34H37ClN4O5S. The monoisotopic (exact) mass is 648 g/mol. The molecule has 0 amide bonds. The summed E-state index contributed by atoms with van der Waals surface area (Å²) in [4.78, 5) is 37.7. The van der Waals surface area contributed by atoms with Gasteiger partial charge in [0.05, 0.1) is 34.1 Å². The number of benzene rings is 1. The quantitative estimate of drug-likeness (QED) is 0.251. The second-order valence-corrected chi connectivity index (χ2v) is 14.0. The lowest BCUT2D eigenvalue weighted by atomic mass is 9.86. The molecule has 45 heavy (non-hydrogen) atoms. The number of aryl methyl sites for hydroxylation is 3. The van der Waals surface area contributed by atoms with E-state index in [1.54, 1.807) is 16.0 Å². The van der Waals surface area contributed by atoms with E-state index in [4.69, 9.17) is 26.1 Å². The molecule has 1 spiro atoms. The van der Waals surface area contributed by atoms with Crippen LogP contribution in [0.5, 0.6) is 5.75 Å². The lowest BCUT2D eigenvalue weighted by Crippen LogP contribution is -2.51. The maximum absolute atomic E-state index is 13.9. The number of thiophene rings is 1. The van der Waals surface area contributed by atoms with Gasteiger partial charge >= 0.3 is 5.97 Å². The van der Waals surface area contributed by atoms with Gasteiger partial charge in [0.2, 0.25) is 0 Å². The zero-order chi connectivity index (χ0) is 31.5. The first-order valence-electron chi connectivity index (χ1n) is 15.6. The molecule has 1 saturated heterocycles. The molecule has 3 aliphatic rings. The number of ether oxygens (including phenoxy) is 2. The number of aromatic carboxylic acids is 1. The Morgan fingerprint density at radius 1 is 1.18 bits per heavy atom. The van der Waals surface area contributed by atoms with Crippen molar-refractivity contribution >= 4 is 39.1 Å². The van der Waals surface area contributed by atoms with Crippen LogP contribution in [-0.4, -0.2) is 69.5 Å². The number of piperidine rings is 1. The summed E-state index contributed by atoms with van der Waals surface area (Å²) in [6, 6.07) is 7.68. The largest absolute Gasteiger partial charge is 0.491 e.